The van der Waals surface area contributed by atoms with Gasteiger partial charge in [-0.25, -0.2) is 13.3 Å². The van der Waals surface area contributed by atoms with E-state index in [1.165, 1.54) is 19.3 Å². The van der Waals surface area contributed by atoms with Gasteiger partial charge in [0, 0.05) is 42.3 Å². The topological polar surface area (TPSA) is 97.7 Å². The van der Waals surface area contributed by atoms with Crippen LogP contribution in [0.4, 0.5) is 4.79 Å². The van der Waals surface area contributed by atoms with Crippen LogP contribution < -0.4 is 15.4 Å². The smallest absolute Gasteiger partial charge is 0.315 e. The minimum atomic E-state index is -1.56. The number of nitrogens with one attached hydrogen (secondary N) is 2. The van der Waals surface area contributed by atoms with Crippen molar-refractivity contribution < 1.29 is 13.7 Å². The Bertz CT molecular complexity index is 1140. The number of piperidine rings is 2. The first-order valence-corrected chi connectivity index (χ1v) is 14.4. The highest BCUT2D eigenvalue weighted by Crippen LogP contribution is 2.33. The highest BCUT2D eigenvalue weighted by Gasteiger charge is 2.27. The maximum atomic E-state index is 13.5. The monoisotopic (exact) mass is 563 g/mol. The van der Waals surface area contributed by atoms with Crippen LogP contribution in [0.1, 0.15) is 37.7 Å². The molecule has 2 aromatic carbocycles. The molecule has 37 heavy (non-hydrogen) atoms. The predicted octanol–water partition coefficient (Wildman–Crippen LogP) is 4.93. The van der Waals surface area contributed by atoms with Gasteiger partial charge in [-0.3, -0.25) is 0 Å². The number of ether oxygens (including phenoxy) is 1. The number of nitrogens with zero attached hydrogens (tertiary/aromatic N) is 3. The Morgan fingerprint density at radius 1 is 1.05 bits per heavy atom. The first kappa shape index (κ1) is 27.7. The summed E-state index contributed by atoms with van der Waals surface area (Å²) in [6.07, 6.45) is 5.10. The van der Waals surface area contributed by atoms with Crippen molar-refractivity contribution in [1.29, 1.82) is 5.26 Å². The Labute approximate surface area is 230 Å². The largest absolute Gasteiger partial charge is 0.456 e. The summed E-state index contributed by atoms with van der Waals surface area (Å²) in [6, 6.07) is 11.6. The fraction of sp³-hybridized carbons (Fsp3) is 0.462. The molecule has 2 aromatic rings. The molecule has 2 aliphatic heterocycles. The van der Waals surface area contributed by atoms with Crippen molar-refractivity contribution in [2.75, 3.05) is 39.3 Å². The van der Waals surface area contributed by atoms with Gasteiger partial charge < -0.3 is 20.3 Å². The van der Waals surface area contributed by atoms with Crippen LogP contribution in [0.25, 0.3) is 0 Å². The molecule has 11 heteroatoms. The van der Waals surface area contributed by atoms with Crippen molar-refractivity contribution >= 4 is 40.2 Å². The Kier molecular flexibility index (Phi) is 10.1. The maximum absolute atomic E-state index is 13.5. The third kappa shape index (κ3) is 8.06. The first-order valence-electron chi connectivity index (χ1n) is 12.5. The number of hydrogen-bond donors (Lipinski definition) is 2. The molecule has 0 saturated carbocycles. The molecule has 4 rings (SSSR count). The number of likely N-dealkylation sites (tertiary alicyclic amines) is 1. The summed E-state index contributed by atoms with van der Waals surface area (Å²) in [5.74, 6) is 0.777. The Morgan fingerprint density at radius 3 is 2.43 bits per heavy atom. The average molecular weight is 565 g/mol. The van der Waals surface area contributed by atoms with E-state index in [1.807, 2.05) is 4.31 Å². The fourth-order valence-electron chi connectivity index (χ4n) is 4.56. The lowest BCUT2D eigenvalue weighted by atomic mass is 10.1. The number of rotatable bonds is 8. The molecule has 0 radical (unpaired) electrons. The van der Waals surface area contributed by atoms with Crippen LogP contribution in [0, 0.1) is 11.3 Å². The third-order valence-electron chi connectivity index (χ3n) is 6.51. The number of benzene rings is 2. The van der Waals surface area contributed by atoms with Gasteiger partial charge >= 0.3 is 6.03 Å². The van der Waals surface area contributed by atoms with Crippen LogP contribution in [0.3, 0.4) is 0 Å². The van der Waals surface area contributed by atoms with E-state index in [4.69, 9.17) is 27.9 Å². The molecular weight excluding hydrogens is 533 g/mol. The van der Waals surface area contributed by atoms with E-state index in [2.05, 4.69) is 21.6 Å². The van der Waals surface area contributed by atoms with Gasteiger partial charge in [0.05, 0.1) is 16.5 Å². The molecule has 198 valence electrons. The predicted molar refractivity (Wildman–Crippen MR) is 146 cm³/mol. The van der Waals surface area contributed by atoms with Gasteiger partial charge in [-0.05, 0) is 75.2 Å². The highest BCUT2D eigenvalue weighted by molar-refractivity contribution is 7.82. The number of carbonyl (C=O) groups is 1. The molecule has 2 fully saturated rings. The van der Waals surface area contributed by atoms with Crippen LogP contribution in [-0.2, 0) is 11.0 Å². The number of nitriles is 1. The number of halogens is 2. The minimum absolute atomic E-state index is 0.0120. The Balaban J connectivity index is 1.31. The van der Waals surface area contributed by atoms with Gasteiger partial charge in [-0.2, -0.15) is 5.26 Å². The SMILES string of the molecule is N#Cc1ccc(Oc2cc(Cl)cc(Cl)c2)c(S(=O)N2CCC(NC(=O)NCCN3CCCCC3)CC2)c1. The fourth-order valence-corrected chi connectivity index (χ4v) is 6.40. The number of amides is 2. The molecule has 2 heterocycles. The Hall–Kier alpha value is -2.35. The number of carbonyl (C=O) groups excluding carboxylic acids is 1. The molecule has 8 nitrogen and oxygen atoms in total. The second kappa shape index (κ2) is 13.4. The van der Waals surface area contributed by atoms with Crippen molar-refractivity contribution in [2.45, 2.75) is 43.0 Å². The normalized spacial score (nSPS) is 18.1. The molecule has 2 amide bonds. The van der Waals surface area contributed by atoms with Gasteiger partial charge in [0.25, 0.3) is 0 Å². The average Bonchev–Trinajstić information content (AvgIpc) is 2.89. The summed E-state index contributed by atoms with van der Waals surface area (Å²) in [4.78, 5) is 15.1. The molecule has 2 saturated heterocycles. The van der Waals surface area contributed by atoms with Crippen LogP contribution in [0.5, 0.6) is 11.5 Å². The zero-order valence-electron chi connectivity index (χ0n) is 20.6. The maximum Gasteiger partial charge on any atom is 0.315 e. The number of hydrogen-bond acceptors (Lipinski definition) is 5. The van der Waals surface area contributed by atoms with E-state index in [-0.39, 0.29) is 12.1 Å². The molecule has 1 unspecified atom stereocenters. The van der Waals surface area contributed by atoms with Crippen molar-refractivity contribution in [3.05, 3.63) is 52.0 Å². The standard InChI is InChI=1S/C26H31Cl2N5O3S/c27-20-15-21(28)17-23(16-20)36-24-5-4-19(18-29)14-25(24)37(35)33-11-6-22(7-12-33)31-26(34)30-8-13-32-9-2-1-3-10-32/h4-5,14-17,22H,1-3,6-13H2,(H2,30,31,34). The van der Waals surface area contributed by atoms with Gasteiger partial charge in [-0.1, -0.05) is 29.6 Å². The molecular formula is C26H31Cl2N5O3S. The van der Waals surface area contributed by atoms with Crippen molar-refractivity contribution in [1.82, 2.24) is 19.8 Å². The molecule has 0 aliphatic carbocycles. The van der Waals surface area contributed by atoms with Crippen LogP contribution in [0.2, 0.25) is 10.0 Å². The third-order valence-corrected chi connectivity index (χ3v) is 8.48. The second-order valence-corrected chi connectivity index (χ2v) is 11.6. The van der Waals surface area contributed by atoms with E-state index in [0.717, 1.165) is 19.6 Å². The molecule has 2 N–H and O–H groups in total. The summed E-state index contributed by atoms with van der Waals surface area (Å²) in [5, 5.41) is 16.2. The summed E-state index contributed by atoms with van der Waals surface area (Å²) in [6.45, 7) is 4.78. The zero-order valence-corrected chi connectivity index (χ0v) is 22.9. The lowest BCUT2D eigenvalue weighted by molar-refractivity contribution is 0.215. The van der Waals surface area contributed by atoms with E-state index in [9.17, 15) is 14.3 Å². The van der Waals surface area contributed by atoms with E-state index < -0.39 is 11.0 Å². The summed E-state index contributed by atoms with van der Waals surface area (Å²) < 4.78 is 21.3. The van der Waals surface area contributed by atoms with Crippen LogP contribution >= 0.6 is 23.2 Å². The Morgan fingerprint density at radius 2 is 1.76 bits per heavy atom. The van der Waals surface area contributed by atoms with Crippen molar-refractivity contribution in [3.8, 4) is 17.6 Å². The van der Waals surface area contributed by atoms with E-state index in [0.29, 0.717) is 64.5 Å². The zero-order chi connectivity index (χ0) is 26.2. The molecule has 0 aromatic heterocycles. The van der Waals surface area contributed by atoms with Crippen LogP contribution in [-0.4, -0.2) is 64.8 Å². The quantitative estimate of drug-likeness (QED) is 0.474. The summed E-state index contributed by atoms with van der Waals surface area (Å²) in [5.41, 5.74) is 0.387. The van der Waals surface area contributed by atoms with Crippen molar-refractivity contribution in [3.63, 3.8) is 0 Å². The highest BCUT2D eigenvalue weighted by atomic mass is 35.5. The van der Waals surface area contributed by atoms with E-state index >= 15 is 0 Å². The van der Waals surface area contributed by atoms with Crippen molar-refractivity contribution in [2.24, 2.45) is 0 Å². The first-order chi connectivity index (χ1) is 17.9. The van der Waals surface area contributed by atoms with Crippen LogP contribution in [0.15, 0.2) is 41.3 Å². The summed E-state index contributed by atoms with van der Waals surface area (Å²) >= 11 is 12.2. The van der Waals surface area contributed by atoms with Gasteiger partial charge in [0.1, 0.15) is 22.5 Å². The number of urea groups is 1. The van der Waals surface area contributed by atoms with Gasteiger partial charge in [0.15, 0.2) is 0 Å². The summed E-state index contributed by atoms with van der Waals surface area (Å²) in [7, 11) is -1.56. The van der Waals surface area contributed by atoms with E-state index in [1.54, 1.807) is 36.4 Å². The second-order valence-electron chi connectivity index (χ2n) is 9.24. The molecule has 1 atom stereocenters. The minimum Gasteiger partial charge on any atom is -0.456 e. The molecule has 2 aliphatic rings. The molecule has 0 bridgehead atoms. The molecule has 0 spiro atoms. The van der Waals surface area contributed by atoms with Gasteiger partial charge in [-0.15, -0.1) is 0 Å². The lowest BCUT2D eigenvalue weighted by Gasteiger charge is -2.31. The lowest BCUT2D eigenvalue weighted by Crippen LogP contribution is -2.49. The van der Waals surface area contributed by atoms with Gasteiger partial charge in [0.2, 0.25) is 0 Å².